The lowest BCUT2D eigenvalue weighted by Crippen LogP contribution is -2.22. The van der Waals surface area contributed by atoms with Gasteiger partial charge in [-0.1, -0.05) is 12.1 Å². The molecule has 0 atom stereocenters. The summed E-state index contributed by atoms with van der Waals surface area (Å²) in [6.45, 7) is 2.74. The Kier molecular flexibility index (Phi) is 3.28. The van der Waals surface area contributed by atoms with Gasteiger partial charge in [0.15, 0.2) is 5.78 Å². The van der Waals surface area contributed by atoms with E-state index in [1.54, 1.807) is 6.07 Å². The van der Waals surface area contributed by atoms with E-state index in [1.807, 2.05) is 0 Å². The first-order chi connectivity index (χ1) is 7.68. The van der Waals surface area contributed by atoms with Gasteiger partial charge in [0.1, 0.15) is 5.41 Å². The van der Waals surface area contributed by atoms with Gasteiger partial charge in [0.25, 0.3) is 0 Å². The molecule has 1 rings (SSSR count). The monoisotopic (exact) mass is 241 g/mol. The third kappa shape index (κ3) is 2.84. The van der Waals surface area contributed by atoms with Crippen LogP contribution in [0.25, 0.3) is 0 Å². The number of nitrogens with zero attached hydrogens (tertiary/aromatic N) is 1. The zero-order valence-electron chi connectivity index (χ0n) is 9.30. The zero-order chi connectivity index (χ0) is 13.3. The summed E-state index contributed by atoms with van der Waals surface area (Å²) in [5.74, 6) is -0.619. The number of carbonyl (C=O) groups excluding carboxylic acids is 1. The minimum atomic E-state index is -4.49. The summed E-state index contributed by atoms with van der Waals surface area (Å²) in [4.78, 5) is 11.8. The van der Waals surface area contributed by atoms with E-state index in [0.29, 0.717) is 0 Å². The van der Waals surface area contributed by atoms with Crippen LogP contribution < -0.4 is 0 Å². The van der Waals surface area contributed by atoms with Gasteiger partial charge in [-0.25, -0.2) is 0 Å². The van der Waals surface area contributed by atoms with Crippen molar-refractivity contribution in [3.05, 3.63) is 35.4 Å². The average Bonchev–Trinajstić information content (AvgIpc) is 2.27. The van der Waals surface area contributed by atoms with Crippen LogP contribution in [0, 0.1) is 16.7 Å². The predicted octanol–water partition coefficient (Wildman–Crippen LogP) is 3.44. The van der Waals surface area contributed by atoms with Crippen molar-refractivity contribution in [2.24, 2.45) is 5.41 Å². The maximum atomic E-state index is 12.4. The van der Waals surface area contributed by atoms with Crippen molar-refractivity contribution in [1.82, 2.24) is 0 Å². The van der Waals surface area contributed by atoms with Crippen LogP contribution >= 0.6 is 0 Å². The summed E-state index contributed by atoms with van der Waals surface area (Å²) in [6, 6.07) is 5.85. The van der Waals surface area contributed by atoms with Crippen molar-refractivity contribution in [3.63, 3.8) is 0 Å². The Labute approximate surface area is 96.7 Å². The number of alkyl halides is 3. The fourth-order valence-electron chi connectivity index (χ4n) is 1.25. The van der Waals surface area contributed by atoms with E-state index in [9.17, 15) is 18.0 Å². The number of hydrogen-bond acceptors (Lipinski definition) is 2. The number of halogens is 3. The van der Waals surface area contributed by atoms with Crippen LogP contribution in [0.3, 0.4) is 0 Å². The highest BCUT2D eigenvalue weighted by molar-refractivity contribution is 6.01. The summed E-state index contributed by atoms with van der Waals surface area (Å²) < 4.78 is 37.3. The molecule has 0 aromatic heterocycles. The second-order valence-corrected chi connectivity index (χ2v) is 4.14. The molecule has 90 valence electrons. The molecule has 0 radical (unpaired) electrons. The molecule has 2 nitrogen and oxygen atoms in total. The van der Waals surface area contributed by atoms with E-state index in [1.165, 1.54) is 19.9 Å². The van der Waals surface area contributed by atoms with Crippen molar-refractivity contribution in [2.45, 2.75) is 20.0 Å². The van der Waals surface area contributed by atoms with Crippen LogP contribution in [0.2, 0.25) is 0 Å². The molecule has 0 saturated heterocycles. The Morgan fingerprint density at radius 2 is 1.88 bits per heavy atom. The summed E-state index contributed by atoms with van der Waals surface area (Å²) in [5.41, 5.74) is -2.33. The number of benzene rings is 1. The quantitative estimate of drug-likeness (QED) is 0.744. The van der Waals surface area contributed by atoms with Crippen molar-refractivity contribution in [3.8, 4) is 6.07 Å². The topological polar surface area (TPSA) is 40.9 Å². The highest BCUT2D eigenvalue weighted by atomic mass is 19.4. The third-order valence-corrected chi connectivity index (χ3v) is 2.30. The second-order valence-electron chi connectivity index (χ2n) is 4.14. The molecular formula is C12H10F3NO. The van der Waals surface area contributed by atoms with Gasteiger partial charge in [-0.05, 0) is 26.0 Å². The molecule has 0 amide bonds. The number of ketones is 1. The second kappa shape index (κ2) is 4.21. The smallest absolute Gasteiger partial charge is 0.292 e. The molecule has 0 saturated carbocycles. The van der Waals surface area contributed by atoms with Crippen LogP contribution in [0.4, 0.5) is 13.2 Å². The van der Waals surface area contributed by atoms with Gasteiger partial charge in [0.2, 0.25) is 0 Å². The largest absolute Gasteiger partial charge is 0.416 e. The lowest BCUT2D eigenvalue weighted by molar-refractivity contribution is -0.137. The molecule has 0 fully saturated rings. The molecule has 0 aliphatic heterocycles. The highest BCUT2D eigenvalue weighted by Crippen LogP contribution is 2.31. The normalized spacial score (nSPS) is 12.0. The van der Waals surface area contributed by atoms with Crippen LogP contribution in [-0.2, 0) is 6.18 Å². The fraction of sp³-hybridized carbons (Fsp3) is 0.333. The lowest BCUT2D eigenvalue weighted by Gasteiger charge is -2.14. The molecule has 0 N–H and O–H groups in total. The molecule has 0 unspecified atom stereocenters. The third-order valence-electron chi connectivity index (χ3n) is 2.30. The van der Waals surface area contributed by atoms with E-state index in [2.05, 4.69) is 0 Å². The number of nitriles is 1. The molecule has 5 heteroatoms. The molecule has 0 heterocycles. The Hall–Kier alpha value is -1.83. The van der Waals surface area contributed by atoms with Crippen LogP contribution in [0.1, 0.15) is 29.8 Å². The summed E-state index contributed by atoms with van der Waals surface area (Å²) in [5, 5.41) is 8.76. The van der Waals surface area contributed by atoms with Gasteiger partial charge in [0.05, 0.1) is 11.6 Å². The summed E-state index contributed by atoms with van der Waals surface area (Å²) >= 11 is 0. The van der Waals surface area contributed by atoms with Crippen LogP contribution in [0.15, 0.2) is 24.3 Å². The number of rotatable bonds is 2. The standard InChI is InChI=1S/C12H10F3NO/c1-11(2,7-16)10(17)8-4-3-5-9(6-8)12(13,14)15/h3-6H,1-2H3. The first kappa shape index (κ1) is 13.2. The van der Waals surface area contributed by atoms with Gasteiger partial charge in [-0.3, -0.25) is 4.79 Å². The molecule has 0 aliphatic rings. The van der Waals surface area contributed by atoms with E-state index >= 15 is 0 Å². The Morgan fingerprint density at radius 1 is 1.29 bits per heavy atom. The van der Waals surface area contributed by atoms with Crippen molar-refractivity contribution >= 4 is 5.78 Å². The number of Topliss-reactive ketones (excluding diaryl/α,β-unsaturated/α-hetero) is 1. The Balaban J connectivity index is 3.19. The molecule has 0 spiro atoms. The maximum absolute atomic E-state index is 12.4. The zero-order valence-corrected chi connectivity index (χ0v) is 9.30. The van der Waals surface area contributed by atoms with Crippen LogP contribution in [0.5, 0.6) is 0 Å². The van der Waals surface area contributed by atoms with Gasteiger partial charge in [0, 0.05) is 5.56 Å². The van der Waals surface area contributed by atoms with E-state index in [0.717, 1.165) is 18.2 Å². The van der Waals surface area contributed by atoms with E-state index in [-0.39, 0.29) is 5.56 Å². The summed E-state index contributed by atoms with van der Waals surface area (Å²) in [7, 11) is 0. The SMILES string of the molecule is CC(C)(C#N)C(=O)c1cccc(C(F)(F)F)c1. The maximum Gasteiger partial charge on any atom is 0.416 e. The minimum absolute atomic E-state index is 0.105. The first-order valence-corrected chi connectivity index (χ1v) is 4.82. The van der Waals surface area contributed by atoms with Crippen molar-refractivity contribution in [1.29, 1.82) is 5.26 Å². The molecule has 0 bridgehead atoms. The van der Waals surface area contributed by atoms with E-state index in [4.69, 9.17) is 5.26 Å². The van der Waals surface area contributed by atoms with Crippen molar-refractivity contribution < 1.29 is 18.0 Å². The number of hydrogen-bond donors (Lipinski definition) is 0. The van der Waals surface area contributed by atoms with Gasteiger partial charge in [-0.2, -0.15) is 18.4 Å². The lowest BCUT2D eigenvalue weighted by atomic mass is 9.85. The molecular weight excluding hydrogens is 231 g/mol. The Morgan fingerprint density at radius 3 is 2.35 bits per heavy atom. The number of carbonyl (C=O) groups is 1. The average molecular weight is 241 g/mol. The Bertz CT molecular complexity index is 483. The molecule has 0 aliphatic carbocycles. The fourth-order valence-corrected chi connectivity index (χ4v) is 1.25. The van der Waals surface area contributed by atoms with Crippen molar-refractivity contribution in [2.75, 3.05) is 0 Å². The van der Waals surface area contributed by atoms with E-state index < -0.39 is 22.9 Å². The van der Waals surface area contributed by atoms with Gasteiger partial charge in [-0.15, -0.1) is 0 Å². The highest BCUT2D eigenvalue weighted by Gasteiger charge is 2.33. The first-order valence-electron chi connectivity index (χ1n) is 4.82. The molecule has 1 aromatic carbocycles. The molecule has 1 aromatic rings. The van der Waals surface area contributed by atoms with Gasteiger partial charge >= 0.3 is 6.18 Å². The van der Waals surface area contributed by atoms with Crippen LogP contribution in [-0.4, -0.2) is 5.78 Å². The van der Waals surface area contributed by atoms with Gasteiger partial charge < -0.3 is 0 Å². The minimum Gasteiger partial charge on any atom is -0.292 e. The summed E-state index contributed by atoms with van der Waals surface area (Å²) in [6.07, 6.45) is -4.49. The predicted molar refractivity (Wildman–Crippen MR) is 55.2 cm³/mol. The molecule has 17 heavy (non-hydrogen) atoms.